The number of nitrogens with one attached hydrogen (secondary N) is 1. The van der Waals surface area contributed by atoms with Crippen LogP contribution in [0.1, 0.15) is 5.56 Å². The molecule has 0 radical (unpaired) electrons. The molecule has 0 aromatic carbocycles. The number of nitrogens with two attached hydrogens (primary N) is 1. The first-order valence-electron chi connectivity index (χ1n) is 4.61. The third-order valence-electron chi connectivity index (χ3n) is 2.31. The Kier molecular flexibility index (Phi) is 2.62. The van der Waals surface area contributed by atoms with E-state index in [9.17, 15) is 5.11 Å². The topological polar surface area (TPSA) is 74.4 Å². The first kappa shape index (κ1) is 9.39. The molecule has 2 rings (SSSR count). The summed E-state index contributed by atoms with van der Waals surface area (Å²) in [5, 5.41) is 12.4. The fraction of sp³-hybridized carbons (Fsp3) is 0.444. The minimum absolute atomic E-state index is 0.522. The van der Waals surface area contributed by atoms with Gasteiger partial charge in [-0.1, -0.05) is 6.07 Å². The zero-order valence-corrected chi connectivity index (χ0v) is 7.85. The van der Waals surface area contributed by atoms with Crippen LogP contribution in [0.3, 0.4) is 0 Å². The van der Waals surface area contributed by atoms with Crippen molar-refractivity contribution in [3.05, 3.63) is 23.9 Å². The van der Waals surface area contributed by atoms with Crippen LogP contribution in [0, 0.1) is 0 Å². The Morgan fingerprint density at radius 3 is 3.07 bits per heavy atom. The van der Waals surface area contributed by atoms with Crippen molar-refractivity contribution in [3.63, 3.8) is 0 Å². The van der Waals surface area contributed by atoms with Crippen LogP contribution in [-0.4, -0.2) is 34.4 Å². The zero-order chi connectivity index (χ0) is 9.97. The van der Waals surface area contributed by atoms with E-state index in [-0.39, 0.29) is 0 Å². The molecule has 0 bridgehead atoms. The SMILES string of the molecule is Nc1ccc(CN2CCNC2O)cn1. The molecule has 1 unspecified atom stereocenters. The van der Waals surface area contributed by atoms with Gasteiger partial charge in [-0.15, -0.1) is 0 Å². The maximum atomic E-state index is 9.47. The highest BCUT2D eigenvalue weighted by molar-refractivity contribution is 5.29. The van der Waals surface area contributed by atoms with Gasteiger partial charge in [0.25, 0.3) is 0 Å². The highest BCUT2D eigenvalue weighted by Crippen LogP contribution is 2.08. The van der Waals surface area contributed by atoms with Crippen LogP contribution in [0.15, 0.2) is 18.3 Å². The van der Waals surface area contributed by atoms with Gasteiger partial charge in [-0.3, -0.25) is 10.2 Å². The van der Waals surface area contributed by atoms with Crippen LogP contribution in [0.2, 0.25) is 0 Å². The average molecular weight is 194 g/mol. The van der Waals surface area contributed by atoms with Gasteiger partial charge >= 0.3 is 0 Å². The minimum atomic E-state index is -0.535. The molecule has 5 nitrogen and oxygen atoms in total. The van der Waals surface area contributed by atoms with Crippen molar-refractivity contribution in [2.24, 2.45) is 0 Å². The fourth-order valence-electron chi connectivity index (χ4n) is 1.52. The van der Waals surface area contributed by atoms with Crippen LogP contribution in [0.25, 0.3) is 0 Å². The summed E-state index contributed by atoms with van der Waals surface area (Å²) in [7, 11) is 0. The Hall–Kier alpha value is -1.17. The van der Waals surface area contributed by atoms with Gasteiger partial charge in [-0.2, -0.15) is 0 Å². The molecule has 4 N–H and O–H groups in total. The highest BCUT2D eigenvalue weighted by atomic mass is 16.3. The van der Waals surface area contributed by atoms with Crippen molar-refractivity contribution in [1.29, 1.82) is 0 Å². The number of rotatable bonds is 2. The summed E-state index contributed by atoms with van der Waals surface area (Å²) in [6.45, 7) is 2.37. The molecule has 76 valence electrons. The van der Waals surface area contributed by atoms with Gasteiger partial charge in [0, 0.05) is 25.8 Å². The van der Waals surface area contributed by atoms with E-state index in [2.05, 4.69) is 10.3 Å². The fourth-order valence-corrected chi connectivity index (χ4v) is 1.52. The van der Waals surface area contributed by atoms with Gasteiger partial charge in [0.1, 0.15) is 5.82 Å². The first-order chi connectivity index (χ1) is 6.75. The van der Waals surface area contributed by atoms with Gasteiger partial charge in [-0.05, 0) is 11.6 Å². The van der Waals surface area contributed by atoms with E-state index >= 15 is 0 Å². The van der Waals surface area contributed by atoms with Gasteiger partial charge < -0.3 is 10.8 Å². The first-order valence-corrected chi connectivity index (χ1v) is 4.61. The summed E-state index contributed by atoms with van der Waals surface area (Å²) >= 11 is 0. The maximum absolute atomic E-state index is 9.47. The molecule has 1 fully saturated rings. The molecular weight excluding hydrogens is 180 g/mol. The van der Waals surface area contributed by atoms with Gasteiger partial charge in [0.2, 0.25) is 0 Å². The van der Waals surface area contributed by atoms with E-state index in [4.69, 9.17) is 5.73 Å². The van der Waals surface area contributed by atoms with Crippen molar-refractivity contribution in [2.75, 3.05) is 18.8 Å². The minimum Gasteiger partial charge on any atom is -0.384 e. The lowest BCUT2D eigenvalue weighted by molar-refractivity contribution is 0.0169. The third kappa shape index (κ3) is 2.01. The average Bonchev–Trinajstić information content (AvgIpc) is 2.56. The van der Waals surface area contributed by atoms with Crippen molar-refractivity contribution in [2.45, 2.75) is 12.9 Å². The number of nitrogens with zero attached hydrogens (tertiary/aromatic N) is 2. The predicted octanol–water partition coefficient (Wildman–Crippen LogP) is -0.655. The summed E-state index contributed by atoms with van der Waals surface area (Å²) in [6.07, 6.45) is 1.20. The Morgan fingerprint density at radius 1 is 1.64 bits per heavy atom. The highest BCUT2D eigenvalue weighted by Gasteiger charge is 2.20. The largest absolute Gasteiger partial charge is 0.384 e. The third-order valence-corrected chi connectivity index (χ3v) is 2.31. The quantitative estimate of drug-likeness (QED) is 0.583. The molecule has 0 saturated carbocycles. The van der Waals surface area contributed by atoms with Crippen molar-refractivity contribution in [1.82, 2.24) is 15.2 Å². The number of aromatic nitrogens is 1. The molecule has 1 saturated heterocycles. The van der Waals surface area contributed by atoms with Crippen LogP contribution in [0.5, 0.6) is 0 Å². The lowest BCUT2D eigenvalue weighted by Crippen LogP contribution is -2.34. The number of hydrogen-bond donors (Lipinski definition) is 3. The monoisotopic (exact) mass is 194 g/mol. The molecule has 5 heteroatoms. The molecule has 1 aromatic rings. The van der Waals surface area contributed by atoms with Crippen LogP contribution >= 0.6 is 0 Å². The van der Waals surface area contributed by atoms with Crippen molar-refractivity contribution >= 4 is 5.82 Å². The molecular formula is C9H14N4O. The van der Waals surface area contributed by atoms with E-state index in [1.165, 1.54) is 0 Å². The summed E-state index contributed by atoms with van der Waals surface area (Å²) in [5.41, 5.74) is 6.53. The van der Waals surface area contributed by atoms with E-state index in [1.807, 2.05) is 11.0 Å². The standard InChI is InChI=1S/C9H14N4O/c10-8-2-1-7(5-12-8)6-13-4-3-11-9(13)14/h1-2,5,9,11,14H,3-4,6H2,(H2,10,12). The molecule has 14 heavy (non-hydrogen) atoms. The summed E-state index contributed by atoms with van der Waals surface area (Å²) < 4.78 is 0. The zero-order valence-electron chi connectivity index (χ0n) is 7.85. The van der Waals surface area contributed by atoms with E-state index in [0.29, 0.717) is 12.4 Å². The number of anilines is 1. The van der Waals surface area contributed by atoms with Crippen LogP contribution < -0.4 is 11.1 Å². The van der Waals surface area contributed by atoms with Gasteiger partial charge in [0.15, 0.2) is 6.35 Å². The van der Waals surface area contributed by atoms with Crippen molar-refractivity contribution < 1.29 is 5.11 Å². The molecule has 0 amide bonds. The molecule has 0 aliphatic carbocycles. The Bertz CT molecular complexity index is 300. The summed E-state index contributed by atoms with van der Waals surface area (Å²) in [6, 6.07) is 3.69. The second-order valence-corrected chi connectivity index (χ2v) is 3.39. The van der Waals surface area contributed by atoms with Crippen LogP contribution in [-0.2, 0) is 6.54 Å². The number of pyridine rings is 1. The number of aliphatic hydroxyl groups excluding tert-OH is 1. The number of nitrogen functional groups attached to an aromatic ring is 1. The lowest BCUT2D eigenvalue weighted by Gasteiger charge is -2.18. The molecule has 1 aromatic heterocycles. The van der Waals surface area contributed by atoms with Crippen LogP contribution in [0.4, 0.5) is 5.82 Å². The second-order valence-electron chi connectivity index (χ2n) is 3.39. The summed E-state index contributed by atoms with van der Waals surface area (Å²) in [4.78, 5) is 5.93. The number of aliphatic hydroxyl groups is 1. The smallest absolute Gasteiger partial charge is 0.163 e. The summed E-state index contributed by atoms with van der Waals surface area (Å²) in [5.74, 6) is 0.522. The van der Waals surface area contributed by atoms with E-state index in [0.717, 1.165) is 18.7 Å². The molecule has 0 spiro atoms. The van der Waals surface area contributed by atoms with Crippen molar-refractivity contribution in [3.8, 4) is 0 Å². The second kappa shape index (κ2) is 3.91. The normalized spacial score (nSPS) is 22.8. The Balaban J connectivity index is 2.00. The van der Waals surface area contributed by atoms with E-state index in [1.54, 1.807) is 12.3 Å². The molecule has 1 aliphatic heterocycles. The lowest BCUT2D eigenvalue weighted by atomic mass is 10.2. The molecule has 2 heterocycles. The molecule has 1 aliphatic rings. The van der Waals surface area contributed by atoms with E-state index < -0.39 is 6.35 Å². The Morgan fingerprint density at radius 2 is 2.50 bits per heavy atom. The Labute approximate surface area is 82.5 Å². The predicted molar refractivity (Wildman–Crippen MR) is 53.1 cm³/mol. The van der Waals surface area contributed by atoms with Gasteiger partial charge in [-0.25, -0.2) is 4.98 Å². The maximum Gasteiger partial charge on any atom is 0.163 e. The van der Waals surface area contributed by atoms with Gasteiger partial charge in [0.05, 0.1) is 0 Å². The number of hydrogen-bond acceptors (Lipinski definition) is 5. The molecule has 1 atom stereocenters.